The summed E-state index contributed by atoms with van der Waals surface area (Å²) in [5.41, 5.74) is 7.59. The molecule has 2 atom stereocenters. The van der Waals surface area contributed by atoms with E-state index in [0.717, 1.165) is 32.4 Å². The second-order valence-corrected chi connectivity index (χ2v) is 5.00. The van der Waals surface area contributed by atoms with Crippen molar-refractivity contribution >= 4 is 0 Å². The molecule has 1 aromatic heterocycles. The lowest BCUT2D eigenvalue weighted by Gasteiger charge is -2.34. The van der Waals surface area contributed by atoms with Crippen LogP contribution >= 0.6 is 0 Å². The predicted molar refractivity (Wildman–Crippen MR) is 76.4 cm³/mol. The average molecular weight is 252 g/mol. The van der Waals surface area contributed by atoms with E-state index < -0.39 is 0 Å². The van der Waals surface area contributed by atoms with Gasteiger partial charge in [-0.1, -0.05) is 20.8 Å². The molecule has 1 heterocycles. The molecule has 2 N–H and O–H groups in total. The fourth-order valence-corrected chi connectivity index (χ4v) is 2.51. The van der Waals surface area contributed by atoms with E-state index in [1.165, 1.54) is 5.56 Å². The van der Waals surface area contributed by atoms with Gasteiger partial charge in [-0.3, -0.25) is 9.58 Å². The van der Waals surface area contributed by atoms with Gasteiger partial charge < -0.3 is 5.73 Å². The number of aromatic nitrogens is 2. The van der Waals surface area contributed by atoms with Crippen molar-refractivity contribution in [2.75, 3.05) is 13.1 Å². The third kappa shape index (κ3) is 3.82. The predicted octanol–water partition coefficient (Wildman–Crippen LogP) is 2.32. The molecule has 1 aromatic rings. The van der Waals surface area contributed by atoms with Gasteiger partial charge in [0, 0.05) is 24.8 Å². The van der Waals surface area contributed by atoms with Crippen LogP contribution in [0, 0.1) is 0 Å². The van der Waals surface area contributed by atoms with Crippen molar-refractivity contribution in [3.63, 3.8) is 0 Å². The van der Waals surface area contributed by atoms with Crippen molar-refractivity contribution in [2.24, 2.45) is 12.8 Å². The highest BCUT2D eigenvalue weighted by atomic mass is 15.3. The summed E-state index contributed by atoms with van der Waals surface area (Å²) < 4.78 is 1.86. The second-order valence-electron chi connectivity index (χ2n) is 5.00. The van der Waals surface area contributed by atoms with Gasteiger partial charge in [-0.15, -0.1) is 0 Å². The first-order valence-corrected chi connectivity index (χ1v) is 7.12. The van der Waals surface area contributed by atoms with Crippen LogP contribution in [0.1, 0.15) is 51.6 Å². The summed E-state index contributed by atoms with van der Waals surface area (Å²) >= 11 is 0. The Balaban J connectivity index is 2.94. The molecule has 0 spiro atoms. The van der Waals surface area contributed by atoms with E-state index in [-0.39, 0.29) is 6.04 Å². The Hall–Kier alpha value is -0.870. The van der Waals surface area contributed by atoms with E-state index >= 15 is 0 Å². The zero-order valence-electron chi connectivity index (χ0n) is 12.3. The lowest BCUT2D eigenvalue weighted by molar-refractivity contribution is 0.169. The number of hydrogen-bond donors (Lipinski definition) is 1. The Morgan fingerprint density at radius 2 is 1.89 bits per heavy atom. The molecule has 4 nitrogen and oxygen atoms in total. The summed E-state index contributed by atoms with van der Waals surface area (Å²) in [4.78, 5) is 2.51. The molecule has 2 unspecified atom stereocenters. The third-order valence-electron chi connectivity index (χ3n) is 3.36. The van der Waals surface area contributed by atoms with E-state index in [4.69, 9.17) is 5.73 Å². The maximum absolute atomic E-state index is 6.34. The van der Waals surface area contributed by atoms with Crippen molar-refractivity contribution < 1.29 is 0 Å². The summed E-state index contributed by atoms with van der Waals surface area (Å²) in [5, 5.41) is 4.29. The number of nitrogens with zero attached hydrogens (tertiary/aromatic N) is 3. The Labute approximate surface area is 111 Å². The van der Waals surface area contributed by atoms with Crippen LogP contribution in [0.25, 0.3) is 0 Å². The molecule has 0 bridgehead atoms. The van der Waals surface area contributed by atoms with Crippen LogP contribution < -0.4 is 5.73 Å². The normalized spacial score (nSPS) is 15.0. The van der Waals surface area contributed by atoms with E-state index in [0.29, 0.717) is 6.04 Å². The van der Waals surface area contributed by atoms with E-state index in [1.54, 1.807) is 0 Å². The van der Waals surface area contributed by atoms with Crippen molar-refractivity contribution in [3.05, 3.63) is 18.0 Å². The van der Waals surface area contributed by atoms with Crippen LogP contribution in [-0.4, -0.2) is 33.8 Å². The van der Waals surface area contributed by atoms with Gasteiger partial charge in [-0.2, -0.15) is 5.10 Å². The smallest absolute Gasteiger partial charge is 0.0538 e. The van der Waals surface area contributed by atoms with Gasteiger partial charge in [-0.25, -0.2) is 0 Å². The minimum atomic E-state index is 0.173. The van der Waals surface area contributed by atoms with Gasteiger partial charge in [0.25, 0.3) is 0 Å². The first kappa shape index (κ1) is 15.2. The van der Waals surface area contributed by atoms with Gasteiger partial charge in [0.05, 0.1) is 12.2 Å². The minimum absolute atomic E-state index is 0.173. The lowest BCUT2D eigenvalue weighted by atomic mass is 9.98. The second kappa shape index (κ2) is 7.54. The molecular formula is C14H28N4. The zero-order valence-corrected chi connectivity index (χ0v) is 12.3. The Kier molecular flexibility index (Phi) is 6.36. The molecule has 18 heavy (non-hydrogen) atoms. The van der Waals surface area contributed by atoms with Gasteiger partial charge in [0.2, 0.25) is 0 Å². The van der Waals surface area contributed by atoms with Gasteiger partial charge in [0.15, 0.2) is 0 Å². The highest BCUT2D eigenvalue weighted by Crippen LogP contribution is 2.25. The molecule has 4 heteroatoms. The average Bonchev–Trinajstić information content (AvgIpc) is 2.76. The van der Waals surface area contributed by atoms with Crippen molar-refractivity contribution in [1.82, 2.24) is 14.7 Å². The topological polar surface area (TPSA) is 47.1 Å². The lowest BCUT2D eigenvalue weighted by Crippen LogP contribution is -2.41. The van der Waals surface area contributed by atoms with E-state index in [1.807, 2.05) is 17.9 Å². The molecule has 0 fully saturated rings. The number of aryl methyl sites for hydroxylation is 1. The maximum Gasteiger partial charge on any atom is 0.0538 e. The van der Waals surface area contributed by atoms with Crippen LogP contribution in [0.5, 0.6) is 0 Å². The molecule has 104 valence electrons. The minimum Gasteiger partial charge on any atom is -0.326 e. The van der Waals surface area contributed by atoms with Crippen molar-refractivity contribution in [3.8, 4) is 0 Å². The van der Waals surface area contributed by atoms with Crippen LogP contribution in [0.15, 0.2) is 12.4 Å². The van der Waals surface area contributed by atoms with Crippen LogP contribution in [0.3, 0.4) is 0 Å². The molecule has 0 aliphatic carbocycles. The standard InChI is InChI=1S/C14H28N4/c1-5-8-18(9-6-2)14(13(15)7-3)12-10-16-17(4)11-12/h10-11,13-14H,5-9,15H2,1-4H3. The van der Waals surface area contributed by atoms with Gasteiger partial charge >= 0.3 is 0 Å². The number of rotatable bonds is 8. The van der Waals surface area contributed by atoms with Crippen LogP contribution in [0.2, 0.25) is 0 Å². The van der Waals surface area contributed by atoms with E-state index in [9.17, 15) is 0 Å². The Morgan fingerprint density at radius 3 is 2.28 bits per heavy atom. The molecular weight excluding hydrogens is 224 g/mol. The summed E-state index contributed by atoms with van der Waals surface area (Å²) in [5.74, 6) is 0. The molecule has 0 saturated heterocycles. The number of nitrogens with two attached hydrogens (primary N) is 1. The first-order valence-electron chi connectivity index (χ1n) is 7.12. The highest BCUT2D eigenvalue weighted by molar-refractivity contribution is 5.13. The summed E-state index contributed by atoms with van der Waals surface area (Å²) in [7, 11) is 1.96. The summed E-state index contributed by atoms with van der Waals surface area (Å²) in [6.07, 6.45) is 7.36. The fraction of sp³-hybridized carbons (Fsp3) is 0.786. The van der Waals surface area contributed by atoms with Gasteiger partial charge in [-0.05, 0) is 32.4 Å². The first-order chi connectivity index (χ1) is 8.63. The molecule has 1 rings (SSSR count). The van der Waals surface area contributed by atoms with Crippen LogP contribution in [0.4, 0.5) is 0 Å². The molecule has 0 amide bonds. The Morgan fingerprint density at radius 1 is 1.28 bits per heavy atom. The number of hydrogen-bond acceptors (Lipinski definition) is 3. The Bertz CT molecular complexity index is 328. The molecule has 0 aromatic carbocycles. The van der Waals surface area contributed by atoms with Gasteiger partial charge in [0.1, 0.15) is 0 Å². The monoisotopic (exact) mass is 252 g/mol. The fourth-order valence-electron chi connectivity index (χ4n) is 2.51. The zero-order chi connectivity index (χ0) is 13.5. The van der Waals surface area contributed by atoms with Crippen molar-refractivity contribution in [2.45, 2.75) is 52.1 Å². The molecule has 0 radical (unpaired) electrons. The molecule has 0 aliphatic rings. The quantitative estimate of drug-likeness (QED) is 0.772. The van der Waals surface area contributed by atoms with Crippen LogP contribution in [-0.2, 0) is 7.05 Å². The SMILES string of the molecule is CCCN(CCC)C(c1cnn(C)c1)C(N)CC. The largest absolute Gasteiger partial charge is 0.326 e. The maximum atomic E-state index is 6.34. The summed E-state index contributed by atoms with van der Waals surface area (Å²) in [6, 6.07) is 0.468. The summed E-state index contributed by atoms with van der Waals surface area (Å²) in [6.45, 7) is 8.80. The van der Waals surface area contributed by atoms with Crippen molar-refractivity contribution in [1.29, 1.82) is 0 Å². The highest BCUT2D eigenvalue weighted by Gasteiger charge is 2.25. The molecule has 0 aliphatic heterocycles. The van der Waals surface area contributed by atoms with E-state index in [2.05, 4.69) is 37.0 Å². The molecule has 0 saturated carbocycles. The third-order valence-corrected chi connectivity index (χ3v) is 3.36.